The molecule has 0 spiro atoms. The Morgan fingerprint density at radius 2 is 2.14 bits per heavy atom. The van der Waals surface area contributed by atoms with Crippen LogP contribution < -0.4 is 5.32 Å². The molecular formula is C23H30N2O4. The minimum atomic E-state index is -0.424. The van der Waals surface area contributed by atoms with Gasteiger partial charge in [0.15, 0.2) is 6.29 Å². The molecule has 1 aromatic heterocycles. The lowest BCUT2D eigenvalue weighted by Gasteiger charge is -2.18. The molecule has 6 heteroatoms. The molecule has 1 aromatic carbocycles. The molecule has 0 bridgehead atoms. The second kappa shape index (κ2) is 10.3. The number of fused-ring (bicyclic) bond motifs is 1. The van der Waals surface area contributed by atoms with Gasteiger partial charge in [-0.1, -0.05) is 37.8 Å². The molecule has 3 rings (SSSR count). The first-order chi connectivity index (χ1) is 14.2. The van der Waals surface area contributed by atoms with E-state index in [1.54, 1.807) is 0 Å². The average molecular weight is 399 g/mol. The molecule has 2 heterocycles. The van der Waals surface area contributed by atoms with E-state index in [4.69, 9.17) is 14.2 Å². The number of hydrogen-bond donors (Lipinski definition) is 2. The van der Waals surface area contributed by atoms with Gasteiger partial charge in [-0.05, 0) is 37.1 Å². The van der Waals surface area contributed by atoms with Crippen molar-refractivity contribution in [1.82, 2.24) is 10.3 Å². The van der Waals surface area contributed by atoms with Crippen LogP contribution in [0.15, 0.2) is 43.1 Å². The Bertz CT molecular complexity index is 865. The number of ether oxygens (including phenoxy) is 3. The van der Waals surface area contributed by atoms with Gasteiger partial charge in [-0.3, -0.25) is 0 Å². The predicted molar refractivity (Wildman–Crippen MR) is 114 cm³/mol. The number of allylic oxidation sites excluding steroid dienone is 1. The van der Waals surface area contributed by atoms with Gasteiger partial charge in [0.1, 0.15) is 0 Å². The molecule has 1 fully saturated rings. The fourth-order valence-corrected chi connectivity index (χ4v) is 3.67. The smallest absolute Gasteiger partial charge is 0.339 e. The van der Waals surface area contributed by atoms with Crippen LogP contribution in [0.3, 0.4) is 0 Å². The third-order valence-electron chi connectivity index (χ3n) is 5.30. The highest BCUT2D eigenvalue weighted by molar-refractivity contribution is 6.16. The number of para-hydroxylation sites is 1. The van der Waals surface area contributed by atoms with Gasteiger partial charge in [0.05, 0.1) is 31.6 Å². The van der Waals surface area contributed by atoms with Crippen LogP contribution in [0.5, 0.6) is 0 Å². The van der Waals surface area contributed by atoms with E-state index in [9.17, 15) is 4.79 Å². The summed E-state index contributed by atoms with van der Waals surface area (Å²) in [5, 5.41) is 4.44. The topological polar surface area (TPSA) is 72.6 Å². The largest absolute Gasteiger partial charge is 0.465 e. The third kappa shape index (κ3) is 5.08. The molecule has 1 saturated heterocycles. The molecule has 1 aliphatic heterocycles. The summed E-state index contributed by atoms with van der Waals surface area (Å²) in [4.78, 5) is 15.3. The second-order valence-electron chi connectivity index (χ2n) is 7.11. The van der Waals surface area contributed by atoms with Gasteiger partial charge < -0.3 is 24.5 Å². The molecule has 0 amide bonds. The summed E-state index contributed by atoms with van der Waals surface area (Å²) in [5.74, 6) is -0.0493. The third-order valence-corrected chi connectivity index (χ3v) is 5.30. The van der Waals surface area contributed by atoms with Crippen molar-refractivity contribution >= 4 is 22.4 Å². The van der Waals surface area contributed by atoms with Crippen LogP contribution in [0.4, 0.5) is 0 Å². The molecule has 156 valence electrons. The molecule has 6 nitrogen and oxygen atoms in total. The SMILES string of the molecule is C=C(C(=O)OC)c1[nH]c2ccccc2c1CCN/C=C/CC(CC)C1OCCO1. The summed E-state index contributed by atoms with van der Waals surface area (Å²) in [6.07, 6.45) is 6.72. The molecule has 2 aromatic rings. The number of methoxy groups -OCH3 is 1. The van der Waals surface area contributed by atoms with E-state index in [2.05, 4.69) is 35.9 Å². The molecular weight excluding hydrogens is 368 g/mol. The van der Waals surface area contributed by atoms with Gasteiger partial charge in [0, 0.05) is 23.4 Å². The van der Waals surface area contributed by atoms with Gasteiger partial charge in [0.2, 0.25) is 0 Å². The summed E-state index contributed by atoms with van der Waals surface area (Å²) in [5.41, 5.74) is 3.14. The minimum Gasteiger partial charge on any atom is -0.465 e. The van der Waals surface area contributed by atoms with Gasteiger partial charge in [-0.2, -0.15) is 0 Å². The lowest BCUT2D eigenvalue weighted by atomic mass is 10.0. The maximum atomic E-state index is 12.0. The quantitative estimate of drug-likeness (QED) is 0.362. The number of rotatable bonds is 10. The van der Waals surface area contributed by atoms with Crippen molar-refractivity contribution < 1.29 is 19.0 Å². The lowest BCUT2D eigenvalue weighted by molar-refractivity contribution is -0.133. The maximum Gasteiger partial charge on any atom is 0.339 e. The number of hydrogen-bond acceptors (Lipinski definition) is 5. The van der Waals surface area contributed by atoms with E-state index >= 15 is 0 Å². The Kier molecular flexibility index (Phi) is 7.49. The van der Waals surface area contributed by atoms with Gasteiger partial charge >= 0.3 is 5.97 Å². The van der Waals surface area contributed by atoms with Crippen molar-refractivity contribution in [2.75, 3.05) is 26.9 Å². The summed E-state index contributed by atoms with van der Waals surface area (Å²) in [6.45, 7) is 8.19. The molecule has 0 aliphatic carbocycles. The summed E-state index contributed by atoms with van der Waals surface area (Å²) in [6, 6.07) is 8.02. The first-order valence-electron chi connectivity index (χ1n) is 10.1. The second-order valence-corrected chi connectivity index (χ2v) is 7.11. The lowest BCUT2D eigenvalue weighted by Crippen LogP contribution is -2.20. The van der Waals surface area contributed by atoms with E-state index in [0.717, 1.165) is 48.0 Å². The van der Waals surface area contributed by atoms with Crippen LogP contribution in [-0.4, -0.2) is 44.1 Å². The maximum absolute atomic E-state index is 12.0. The van der Waals surface area contributed by atoms with Crippen molar-refractivity contribution in [1.29, 1.82) is 0 Å². The minimum absolute atomic E-state index is 0.0808. The van der Waals surface area contributed by atoms with Crippen molar-refractivity contribution in [3.05, 3.63) is 54.4 Å². The van der Waals surface area contributed by atoms with Crippen LogP contribution in [0, 0.1) is 5.92 Å². The summed E-state index contributed by atoms with van der Waals surface area (Å²) in [7, 11) is 1.37. The zero-order valence-electron chi connectivity index (χ0n) is 17.2. The Morgan fingerprint density at radius 1 is 1.38 bits per heavy atom. The standard InChI is InChI=1S/C23H30N2O4/c1-4-17(23-28-14-15-29-23)8-7-12-24-13-11-19-18-9-5-6-10-20(18)25-21(19)16(2)22(26)27-3/h5-7,9-10,12,17,23-25H,2,4,8,11,13-15H2,1,3H3/b12-7+. The number of aromatic amines is 1. The Labute approximate surface area is 171 Å². The van der Waals surface area contributed by atoms with Crippen LogP contribution in [0.2, 0.25) is 0 Å². The van der Waals surface area contributed by atoms with Gasteiger partial charge in [-0.25, -0.2) is 4.79 Å². The van der Waals surface area contributed by atoms with E-state index in [1.165, 1.54) is 7.11 Å². The van der Waals surface area contributed by atoms with Crippen molar-refractivity contribution in [2.24, 2.45) is 5.92 Å². The monoisotopic (exact) mass is 398 g/mol. The number of carbonyl (C=O) groups is 1. The number of esters is 1. The van der Waals surface area contributed by atoms with E-state index in [0.29, 0.717) is 24.7 Å². The van der Waals surface area contributed by atoms with Gasteiger partial charge in [-0.15, -0.1) is 0 Å². The normalized spacial score (nSPS) is 15.8. The van der Waals surface area contributed by atoms with Crippen LogP contribution in [0.1, 0.15) is 31.0 Å². The van der Waals surface area contributed by atoms with Crippen molar-refractivity contribution in [3.8, 4) is 0 Å². The van der Waals surface area contributed by atoms with E-state index in [-0.39, 0.29) is 6.29 Å². The number of nitrogens with one attached hydrogen (secondary N) is 2. The highest BCUT2D eigenvalue weighted by Gasteiger charge is 2.24. The van der Waals surface area contributed by atoms with Crippen molar-refractivity contribution in [2.45, 2.75) is 32.5 Å². The predicted octanol–water partition coefficient (Wildman–Crippen LogP) is 3.79. The Balaban J connectivity index is 1.60. The molecule has 0 radical (unpaired) electrons. The van der Waals surface area contributed by atoms with Crippen LogP contribution in [-0.2, 0) is 25.4 Å². The fraction of sp³-hybridized carbons (Fsp3) is 0.435. The number of H-pyrrole nitrogens is 1. The zero-order chi connectivity index (χ0) is 20.6. The summed E-state index contributed by atoms with van der Waals surface area (Å²) >= 11 is 0. The van der Waals surface area contributed by atoms with E-state index in [1.807, 2.05) is 24.4 Å². The highest BCUT2D eigenvalue weighted by Crippen LogP contribution is 2.27. The molecule has 1 aliphatic rings. The molecule has 2 N–H and O–H groups in total. The number of aromatic nitrogens is 1. The molecule has 1 atom stereocenters. The first kappa shape index (κ1) is 21.1. The van der Waals surface area contributed by atoms with Gasteiger partial charge in [0.25, 0.3) is 0 Å². The van der Waals surface area contributed by atoms with E-state index < -0.39 is 5.97 Å². The molecule has 29 heavy (non-hydrogen) atoms. The van der Waals surface area contributed by atoms with Crippen LogP contribution >= 0.6 is 0 Å². The molecule has 1 unspecified atom stereocenters. The number of benzene rings is 1. The molecule has 0 saturated carbocycles. The summed E-state index contributed by atoms with van der Waals surface area (Å²) < 4.78 is 16.1. The van der Waals surface area contributed by atoms with Crippen LogP contribution in [0.25, 0.3) is 16.5 Å². The Hall–Kier alpha value is -2.57. The average Bonchev–Trinajstić information content (AvgIpc) is 3.40. The zero-order valence-corrected chi connectivity index (χ0v) is 17.2. The van der Waals surface area contributed by atoms with Crippen molar-refractivity contribution in [3.63, 3.8) is 0 Å². The highest BCUT2D eigenvalue weighted by atomic mass is 16.7. The Morgan fingerprint density at radius 3 is 2.86 bits per heavy atom. The fourth-order valence-electron chi connectivity index (χ4n) is 3.67. The number of carbonyl (C=O) groups excluding carboxylic acids is 1. The first-order valence-corrected chi connectivity index (χ1v) is 10.1.